The molecule has 108 valence electrons. The number of rotatable bonds is 5. The number of benzene rings is 2. The molecule has 1 amide bonds. The van der Waals surface area contributed by atoms with Crippen LogP contribution >= 0.6 is 23.4 Å². The Morgan fingerprint density at radius 2 is 1.86 bits per heavy atom. The number of thioether (sulfide) groups is 1. The predicted octanol–water partition coefficient (Wildman–Crippen LogP) is 3.89. The van der Waals surface area contributed by atoms with Crippen LogP contribution in [0.5, 0.6) is 0 Å². The van der Waals surface area contributed by atoms with E-state index in [2.05, 4.69) is 10.5 Å². The molecule has 0 aromatic heterocycles. The molecule has 0 aliphatic carbocycles. The molecule has 5 heteroatoms. The number of nitrogens with one attached hydrogen (secondary N) is 1. The van der Waals surface area contributed by atoms with E-state index < -0.39 is 0 Å². The molecule has 0 unspecified atom stereocenters. The van der Waals surface area contributed by atoms with Crippen LogP contribution in [0.3, 0.4) is 0 Å². The van der Waals surface area contributed by atoms with Gasteiger partial charge in [0.05, 0.1) is 12.0 Å². The molecule has 0 heterocycles. The van der Waals surface area contributed by atoms with E-state index in [0.717, 1.165) is 10.5 Å². The molecule has 2 aromatic rings. The minimum absolute atomic E-state index is 0.140. The van der Waals surface area contributed by atoms with Gasteiger partial charge >= 0.3 is 0 Å². The van der Waals surface area contributed by atoms with Crippen LogP contribution in [0.2, 0.25) is 5.02 Å². The van der Waals surface area contributed by atoms with E-state index in [9.17, 15) is 4.79 Å². The van der Waals surface area contributed by atoms with Crippen molar-refractivity contribution in [3.8, 4) is 0 Å². The minimum atomic E-state index is -0.140. The second kappa shape index (κ2) is 7.86. The topological polar surface area (TPSA) is 41.5 Å². The summed E-state index contributed by atoms with van der Waals surface area (Å²) in [6, 6.07) is 15.3. The summed E-state index contributed by atoms with van der Waals surface area (Å²) in [5.41, 5.74) is 4.65. The van der Waals surface area contributed by atoms with Crippen molar-refractivity contribution in [1.82, 2.24) is 5.43 Å². The van der Waals surface area contributed by atoms with Gasteiger partial charge in [-0.15, -0.1) is 11.8 Å². The molecule has 2 rings (SSSR count). The number of halogens is 1. The highest BCUT2D eigenvalue weighted by Gasteiger charge is 2.01. The van der Waals surface area contributed by atoms with Crippen molar-refractivity contribution in [3.05, 3.63) is 64.7 Å². The van der Waals surface area contributed by atoms with Crippen LogP contribution in [0.15, 0.2) is 58.5 Å². The third-order valence-corrected chi connectivity index (χ3v) is 3.93. The molecule has 0 radical (unpaired) electrons. The van der Waals surface area contributed by atoms with Gasteiger partial charge in [-0.2, -0.15) is 5.10 Å². The lowest BCUT2D eigenvalue weighted by molar-refractivity contribution is -0.118. The summed E-state index contributed by atoms with van der Waals surface area (Å²) < 4.78 is 0. The monoisotopic (exact) mass is 318 g/mol. The maximum absolute atomic E-state index is 11.7. The van der Waals surface area contributed by atoms with Gasteiger partial charge in [-0.1, -0.05) is 41.4 Å². The van der Waals surface area contributed by atoms with Gasteiger partial charge in [0.1, 0.15) is 0 Å². The average molecular weight is 319 g/mol. The molecule has 0 saturated heterocycles. The Morgan fingerprint density at radius 3 is 2.52 bits per heavy atom. The van der Waals surface area contributed by atoms with Gasteiger partial charge in [0.2, 0.25) is 5.91 Å². The first-order chi connectivity index (χ1) is 10.1. The number of hydrazone groups is 1. The summed E-state index contributed by atoms with van der Waals surface area (Å²) in [6.45, 7) is 2.02. The Hall–Kier alpha value is -1.78. The molecule has 2 aromatic carbocycles. The Kier molecular flexibility index (Phi) is 5.84. The second-order valence-electron chi connectivity index (χ2n) is 4.45. The fraction of sp³-hybridized carbons (Fsp3) is 0.125. The first kappa shape index (κ1) is 15.6. The highest BCUT2D eigenvalue weighted by Crippen LogP contribution is 2.19. The third-order valence-electron chi connectivity index (χ3n) is 2.66. The van der Waals surface area contributed by atoms with E-state index in [0.29, 0.717) is 10.8 Å². The van der Waals surface area contributed by atoms with Crippen molar-refractivity contribution in [2.75, 3.05) is 5.75 Å². The molecule has 0 aliphatic heterocycles. The van der Waals surface area contributed by atoms with Crippen LogP contribution < -0.4 is 5.43 Å². The van der Waals surface area contributed by atoms with E-state index in [4.69, 9.17) is 11.6 Å². The number of amides is 1. The average Bonchev–Trinajstić information content (AvgIpc) is 2.49. The van der Waals surface area contributed by atoms with E-state index in [1.807, 2.05) is 43.3 Å². The molecule has 1 N–H and O–H groups in total. The third kappa shape index (κ3) is 5.61. The molecule has 0 atom stereocenters. The zero-order valence-corrected chi connectivity index (χ0v) is 13.1. The summed E-state index contributed by atoms with van der Waals surface area (Å²) in [4.78, 5) is 12.7. The number of nitrogens with zero attached hydrogens (tertiary/aromatic N) is 1. The summed E-state index contributed by atoms with van der Waals surface area (Å²) in [5.74, 6) is 0.172. The largest absolute Gasteiger partial charge is 0.272 e. The lowest BCUT2D eigenvalue weighted by Crippen LogP contribution is -2.19. The van der Waals surface area contributed by atoms with Crippen molar-refractivity contribution in [1.29, 1.82) is 0 Å². The van der Waals surface area contributed by atoms with E-state index in [1.165, 1.54) is 17.3 Å². The maximum atomic E-state index is 11.7. The number of carbonyl (C=O) groups excluding carboxylic acids is 1. The second-order valence-corrected chi connectivity index (χ2v) is 5.93. The highest BCUT2D eigenvalue weighted by atomic mass is 35.5. The van der Waals surface area contributed by atoms with Gasteiger partial charge in [-0.3, -0.25) is 4.79 Å². The van der Waals surface area contributed by atoms with Gasteiger partial charge in [0, 0.05) is 9.92 Å². The molecule has 0 saturated carbocycles. The molecule has 21 heavy (non-hydrogen) atoms. The molecule has 0 spiro atoms. The van der Waals surface area contributed by atoms with E-state index >= 15 is 0 Å². The SMILES string of the molecule is Cc1ccc(/C=N/NC(=O)CSc2ccc(Cl)cc2)cc1. The summed E-state index contributed by atoms with van der Waals surface area (Å²) in [6.07, 6.45) is 1.63. The molecule has 0 aliphatic rings. The fourth-order valence-electron chi connectivity index (χ4n) is 1.54. The van der Waals surface area contributed by atoms with Gasteiger partial charge in [-0.25, -0.2) is 5.43 Å². The molecular formula is C16H15ClN2OS. The smallest absolute Gasteiger partial charge is 0.250 e. The predicted molar refractivity (Wildman–Crippen MR) is 89.1 cm³/mol. The van der Waals surface area contributed by atoms with Crippen LogP contribution in [-0.4, -0.2) is 17.9 Å². The van der Waals surface area contributed by atoms with Gasteiger partial charge in [0.25, 0.3) is 0 Å². The van der Waals surface area contributed by atoms with Crippen LogP contribution in [0.1, 0.15) is 11.1 Å². The van der Waals surface area contributed by atoms with E-state index in [-0.39, 0.29) is 5.91 Å². The lowest BCUT2D eigenvalue weighted by Gasteiger charge is -2.01. The van der Waals surface area contributed by atoms with Crippen LogP contribution in [0.25, 0.3) is 0 Å². The molecule has 0 bridgehead atoms. The van der Waals surface area contributed by atoms with Crippen LogP contribution in [0, 0.1) is 6.92 Å². The molecule has 0 fully saturated rings. The van der Waals surface area contributed by atoms with Gasteiger partial charge in [-0.05, 0) is 36.8 Å². The van der Waals surface area contributed by atoms with Crippen molar-refractivity contribution < 1.29 is 4.79 Å². The Labute approximate surface area is 133 Å². The van der Waals surface area contributed by atoms with Gasteiger partial charge in [0.15, 0.2) is 0 Å². The molecule has 3 nitrogen and oxygen atoms in total. The van der Waals surface area contributed by atoms with Crippen molar-refractivity contribution >= 4 is 35.5 Å². The van der Waals surface area contributed by atoms with Crippen LogP contribution in [-0.2, 0) is 4.79 Å². The van der Waals surface area contributed by atoms with Gasteiger partial charge < -0.3 is 0 Å². The van der Waals surface area contributed by atoms with Crippen molar-refractivity contribution in [3.63, 3.8) is 0 Å². The number of hydrogen-bond donors (Lipinski definition) is 1. The summed E-state index contributed by atoms with van der Waals surface area (Å²) in [5, 5.41) is 4.63. The first-order valence-electron chi connectivity index (χ1n) is 6.40. The highest BCUT2D eigenvalue weighted by molar-refractivity contribution is 8.00. The zero-order chi connectivity index (χ0) is 15.1. The zero-order valence-electron chi connectivity index (χ0n) is 11.5. The first-order valence-corrected chi connectivity index (χ1v) is 7.77. The van der Waals surface area contributed by atoms with Crippen molar-refractivity contribution in [2.24, 2.45) is 5.10 Å². The quantitative estimate of drug-likeness (QED) is 0.516. The Bertz CT molecular complexity index is 624. The standard InChI is InChI=1S/C16H15ClN2OS/c1-12-2-4-13(5-3-12)10-18-19-16(20)11-21-15-8-6-14(17)7-9-15/h2-10H,11H2,1H3,(H,19,20)/b18-10+. The number of carbonyl (C=O) groups is 1. The Balaban J connectivity index is 1.77. The number of hydrogen-bond acceptors (Lipinski definition) is 3. The van der Waals surface area contributed by atoms with Crippen LogP contribution in [0.4, 0.5) is 0 Å². The lowest BCUT2D eigenvalue weighted by atomic mass is 10.2. The molecular weight excluding hydrogens is 304 g/mol. The minimum Gasteiger partial charge on any atom is -0.272 e. The summed E-state index contributed by atoms with van der Waals surface area (Å²) in [7, 11) is 0. The Morgan fingerprint density at radius 1 is 1.19 bits per heavy atom. The summed E-state index contributed by atoms with van der Waals surface area (Å²) >= 11 is 7.24. The van der Waals surface area contributed by atoms with E-state index in [1.54, 1.807) is 18.3 Å². The maximum Gasteiger partial charge on any atom is 0.250 e. The normalized spacial score (nSPS) is 10.8. The van der Waals surface area contributed by atoms with Crippen molar-refractivity contribution in [2.45, 2.75) is 11.8 Å². The fourth-order valence-corrected chi connectivity index (χ4v) is 2.36. The number of aryl methyl sites for hydroxylation is 1.